The summed E-state index contributed by atoms with van der Waals surface area (Å²) in [6.45, 7) is 3.47. The molecule has 0 amide bonds. The summed E-state index contributed by atoms with van der Waals surface area (Å²) in [5.41, 5.74) is 0. The van der Waals surface area contributed by atoms with Gasteiger partial charge in [-0.15, -0.1) is 0 Å². The standard InChI is InChI=1S/C5H9BrO/c1-2-7-5-3-4-6/h3-4H,2,5H2,1H3. The van der Waals surface area contributed by atoms with E-state index in [2.05, 4.69) is 15.9 Å². The Labute approximate surface area is 52.5 Å². The maximum atomic E-state index is 4.96. The molecule has 0 saturated carbocycles. The zero-order chi connectivity index (χ0) is 5.54. The number of ether oxygens (including phenoxy) is 1. The highest BCUT2D eigenvalue weighted by Crippen LogP contribution is 1.82. The van der Waals surface area contributed by atoms with Gasteiger partial charge >= 0.3 is 0 Å². The van der Waals surface area contributed by atoms with Gasteiger partial charge in [0.05, 0.1) is 6.61 Å². The summed E-state index contributed by atoms with van der Waals surface area (Å²) >= 11 is 3.12. The monoisotopic (exact) mass is 164 g/mol. The summed E-state index contributed by atoms with van der Waals surface area (Å²) in [6.07, 6.45) is 1.91. The lowest BCUT2D eigenvalue weighted by Gasteiger charge is -1.89. The van der Waals surface area contributed by atoms with Crippen molar-refractivity contribution in [1.82, 2.24) is 0 Å². The zero-order valence-corrected chi connectivity index (χ0v) is 5.94. The van der Waals surface area contributed by atoms with E-state index in [-0.39, 0.29) is 0 Å². The van der Waals surface area contributed by atoms with Crippen LogP contribution < -0.4 is 0 Å². The van der Waals surface area contributed by atoms with Crippen molar-refractivity contribution in [3.8, 4) is 0 Å². The fraction of sp³-hybridized carbons (Fsp3) is 0.600. The van der Waals surface area contributed by atoms with Crippen LogP contribution in [0.4, 0.5) is 0 Å². The molecule has 0 aromatic rings. The maximum Gasteiger partial charge on any atom is 0.0655 e. The smallest absolute Gasteiger partial charge is 0.0655 e. The molecular formula is C5H9BrO. The van der Waals surface area contributed by atoms with E-state index in [9.17, 15) is 0 Å². The van der Waals surface area contributed by atoms with E-state index in [1.54, 1.807) is 4.99 Å². The third-order valence-corrected chi connectivity index (χ3v) is 0.881. The Balaban J connectivity index is 2.69. The van der Waals surface area contributed by atoms with Gasteiger partial charge in [-0.25, -0.2) is 0 Å². The van der Waals surface area contributed by atoms with Crippen molar-refractivity contribution in [3.05, 3.63) is 11.1 Å². The van der Waals surface area contributed by atoms with Crippen LogP contribution >= 0.6 is 15.9 Å². The Kier molecular flexibility index (Phi) is 6.34. The molecule has 0 fully saturated rings. The molecule has 0 unspecified atom stereocenters. The summed E-state index contributed by atoms with van der Waals surface area (Å²) in [6, 6.07) is 0. The number of hydrogen-bond donors (Lipinski definition) is 0. The van der Waals surface area contributed by atoms with Crippen LogP contribution in [0, 0.1) is 0 Å². The van der Waals surface area contributed by atoms with E-state index in [1.807, 2.05) is 13.0 Å². The van der Waals surface area contributed by atoms with Gasteiger partial charge in [0, 0.05) is 6.61 Å². The van der Waals surface area contributed by atoms with Crippen molar-refractivity contribution < 1.29 is 4.74 Å². The van der Waals surface area contributed by atoms with E-state index >= 15 is 0 Å². The SMILES string of the molecule is CCOCC=CBr. The molecule has 0 aromatic carbocycles. The second-order valence-electron chi connectivity index (χ2n) is 1.02. The van der Waals surface area contributed by atoms with Gasteiger partial charge in [-0.05, 0) is 11.9 Å². The number of hydrogen-bond acceptors (Lipinski definition) is 1. The van der Waals surface area contributed by atoms with Crippen LogP contribution in [0.2, 0.25) is 0 Å². The minimum absolute atomic E-state index is 0.710. The first-order chi connectivity index (χ1) is 3.41. The molecule has 0 radical (unpaired) electrons. The van der Waals surface area contributed by atoms with Gasteiger partial charge in [-0.3, -0.25) is 0 Å². The summed E-state index contributed by atoms with van der Waals surface area (Å²) in [5, 5.41) is 0. The molecule has 0 spiro atoms. The van der Waals surface area contributed by atoms with Crippen molar-refractivity contribution in [1.29, 1.82) is 0 Å². The van der Waals surface area contributed by atoms with Crippen LogP contribution in [0.3, 0.4) is 0 Å². The maximum absolute atomic E-state index is 4.96. The molecule has 0 atom stereocenters. The highest BCUT2D eigenvalue weighted by molar-refractivity contribution is 9.11. The van der Waals surface area contributed by atoms with Crippen molar-refractivity contribution in [2.45, 2.75) is 6.92 Å². The van der Waals surface area contributed by atoms with Gasteiger partial charge in [0.1, 0.15) is 0 Å². The lowest BCUT2D eigenvalue weighted by molar-refractivity contribution is 0.177. The second kappa shape index (κ2) is 6.18. The van der Waals surface area contributed by atoms with E-state index in [1.165, 1.54) is 0 Å². The Morgan fingerprint density at radius 3 is 2.86 bits per heavy atom. The first-order valence-electron chi connectivity index (χ1n) is 2.24. The van der Waals surface area contributed by atoms with Crippen LogP contribution in [0.15, 0.2) is 11.1 Å². The second-order valence-corrected chi connectivity index (χ2v) is 1.55. The first-order valence-corrected chi connectivity index (χ1v) is 3.16. The molecular weight excluding hydrogens is 156 g/mol. The Morgan fingerprint density at radius 2 is 2.43 bits per heavy atom. The summed E-state index contributed by atoms with van der Waals surface area (Å²) < 4.78 is 4.96. The first kappa shape index (κ1) is 7.18. The third kappa shape index (κ3) is 6.18. The number of rotatable bonds is 3. The lowest BCUT2D eigenvalue weighted by atomic mass is 10.7. The van der Waals surface area contributed by atoms with E-state index < -0.39 is 0 Å². The van der Waals surface area contributed by atoms with E-state index in [0.717, 1.165) is 6.61 Å². The van der Waals surface area contributed by atoms with Crippen LogP contribution in [0.25, 0.3) is 0 Å². The molecule has 0 heterocycles. The summed E-state index contributed by atoms with van der Waals surface area (Å²) in [5.74, 6) is 0. The average Bonchev–Trinajstić information content (AvgIpc) is 1.69. The van der Waals surface area contributed by atoms with Gasteiger partial charge in [0.25, 0.3) is 0 Å². The normalized spacial score (nSPS) is 10.6. The molecule has 0 saturated heterocycles. The fourth-order valence-electron chi connectivity index (χ4n) is 0.222. The van der Waals surface area contributed by atoms with Gasteiger partial charge in [-0.2, -0.15) is 0 Å². The van der Waals surface area contributed by atoms with Crippen LogP contribution in [-0.2, 0) is 4.74 Å². The quantitative estimate of drug-likeness (QED) is 0.580. The highest BCUT2D eigenvalue weighted by Gasteiger charge is 1.70. The van der Waals surface area contributed by atoms with Crippen molar-refractivity contribution in [2.75, 3.05) is 13.2 Å². The Hall–Kier alpha value is 0.180. The molecule has 2 heteroatoms. The van der Waals surface area contributed by atoms with E-state index in [4.69, 9.17) is 4.74 Å². The Morgan fingerprint density at radius 1 is 1.71 bits per heavy atom. The van der Waals surface area contributed by atoms with Crippen LogP contribution in [0.1, 0.15) is 6.92 Å². The minimum Gasteiger partial charge on any atom is -0.378 e. The van der Waals surface area contributed by atoms with E-state index in [0.29, 0.717) is 6.61 Å². The van der Waals surface area contributed by atoms with Gasteiger partial charge in [0.15, 0.2) is 0 Å². The van der Waals surface area contributed by atoms with Crippen molar-refractivity contribution >= 4 is 15.9 Å². The molecule has 0 N–H and O–H groups in total. The lowest BCUT2D eigenvalue weighted by Crippen LogP contribution is -1.86. The summed E-state index contributed by atoms with van der Waals surface area (Å²) in [4.78, 5) is 1.79. The van der Waals surface area contributed by atoms with Gasteiger partial charge < -0.3 is 4.74 Å². The molecule has 0 bridgehead atoms. The molecule has 0 aromatic heterocycles. The van der Waals surface area contributed by atoms with Crippen LogP contribution in [-0.4, -0.2) is 13.2 Å². The topological polar surface area (TPSA) is 9.23 Å². The molecule has 0 aliphatic rings. The highest BCUT2D eigenvalue weighted by atomic mass is 79.9. The molecule has 1 nitrogen and oxygen atoms in total. The van der Waals surface area contributed by atoms with Crippen molar-refractivity contribution in [3.63, 3.8) is 0 Å². The number of halogens is 1. The predicted molar refractivity (Wildman–Crippen MR) is 34.6 cm³/mol. The molecule has 7 heavy (non-hydrogen) atoms. The van der Waals surface area contributed by atoms with Gasteiger partial charge in [-0.1, -0.05) is 22.0 Å². The van der Waals surface area contributed by atoms with Crippen molar-refractivity contribution in [2.24, 2.45) is 0 Å². The predicted octanol–water partition coefficient (Wildman–Crippen LogP) is 1.93. The molecule has 42 valence electrons. The fourth-order valence-corrected chi connectivity index (χ4v) is 0.375. The van der Waals surface area contributed by atoms with Crippen LogP contribution in [0.5, 0.6) is 0 Å². The average molecular weight is 165 g/mol. The summed E-state index contributed by atoms with van der Waals surface area (Å²) in [7, 11) is 0. The third-order valence-electron chi connectivity index (χ3n) is 0.507. The largest absolute Gasteiger partial charge is 0.378 e. The molecule has 0 rings (SSSR count). The van der Waals surface area contributed by atoms with Gasteiger partial charge in [0.2, 0.25) is 0 Å². The Bertz CT molecular complexity index is 52.0. The minimum atomic E-state index is 0.710. The molecule has 0 aliphatic heterocycles. The molecule has 0 aliphatic carbocycles. The zero-order valence-electron chi connectivity index (χ0n) is 4.36.